The van der Waals surface area contributed by atoms with Crippen molar-refractivity contribution in [3.05, 3.63) is 101 Å². The molecular formula is C43H52ClNO9. The highest BCUT2D eigenvalue weighted by Crippen LogP contribution is 2.36. The van der Waals surface area contributed by atoms with Crippen LogP contribution in [0.3, 0.4) is 0 Å². The molecule has 2 aliphatic rings. The normalized spacial score (nSPS) is 21.2. The molecule has 0 aromatic heterocycles. The van der Waals surface area contributed by atoms with E-state index in [-0.39, 0.29) is 12.0 Å². The van der Waals surface area contributed by atoms with Crippen molar-refractivity contribution in [2.75, 3.05) is 46.6 Å². The Labute approximate surface area is 323 Å². The molecular weight excluding hydrogens is 710 g/mol. The lowest BCUT2D eigenvalue weighted by molar-refractivity contribution is -0.154. The number of fused-ring (bicyclic) bond motifs is 1. The largest absolute Gasteiger partial charge is 0.496 e. The predicted octanol–water partition coefficient (Wildman–Crippen LogP) is 8.81. The molecule has 54 heavy (non-hydrogen) atoms. The number of likely N-dealkylation sites (tertiary alicyclic amines) is 1. The number of nitrogens with zero attached hydrogens (tertiary/aromatic N) is 1. The number of benzene rings is 4. The molecule has 4 atom stereocenters. The summed E-state index contributed by atoms with van der Waals surface area (Å²) in [6, 6.07) is 27.7. The van der Waals surface area contributed by atoms with Gasteiger partial charge in [-0.3, -0.25) is 0 Å². The molecule has 0 bridgehead atoms. The van der Waals surface area contributed by atoms with Crippen molar-refractivity contribution in [2.45, 2.75) is 83.3 Å². The zero-order valence-electron chi connectivity index (χ0n) is 32.0. The zero-order valence-corrected chi connectivity index (χ0v) is 32.8. The first-order chi connectivity index (χ1) is 25.9. The van der Waals surface area contributed by atoms with Gasteiger partial charge in [0.2, 0.25) is 0 Å². The van der Waals surface area contributed by atoms with Gasteiger partial charge in [0, 0.05) is 17.7 Å². The SMILES string of the molecule is COc1cc(CO[C@H]2CN(C(=O)OC(C)(C)C)C[C@@H](OC[C@H]3COC(C)(C)O3)[C@@H]2c2ccc(OCCCOc3ccccc3Cl)cc2)cc2ccccc12. The highest BCUT2D eigenvalue weighted by Gasteiger charge is 2.43. The second-order valence-electron chi connectivity index (χ2n) is 15.2. The third-order valence-corrected chi connectivity index (χ3v) is 9.61. The number of halogens is 1. The van der Waals surface area contributed by atoms with Crippen LogP contribution in [0.1, 0.15) is 58.1 Å². The molecule has 0 saturated carbocycles. The maximum atomic E-state index is 13.6. The van der Waals surface area contributed by atoms with Gasteiger partial charge in [0.05, 0.1) is 70.5 Å². The third-order valence-electron chi connectivity index (χ3n) is 9.30. The monoisotopic (exact) mass is 761 g/mol. The molecule has 2 fully saturated rings. The van der Waals surface area contributed by atoms with Gasteiger partial charge in [0.15, 0.2) is 5.79 Å². The number of piperidine rings is 1. The van der Waals surface area contributed by atoms with Gasteiger partial charge in [-0.15, -0.1) is 0 Å². The maximum Gasteiger partial charge on any atom is 0.410 e. The molecule has 11 heteroatoms. The average molecular weight is 762 g/mol. The van der Waals surface area contributed by atoms with E-state index in [1.54, 1.807) is 18.1 Å². The Balaban J connectivity index is 1.22. The van der Waals surface area contributed by atoms with Crippen LogP contribution in [0.4, 0.5) is 4.79 Å². The summed E-state index contributed by atoms with van der Waals surface area (Å²) in [5.74, 6) is 1.24. The first-order valence-electron chi connectivity index (χ1n) is 18.6. The highest BCUT2D eigenvalue weighted by molar-refractivity contribution is 6.32. The van der Waals surface area contributed by atoms with Gasteiger partial charge in [0.25, 0.3) is 0 Å². The van der Waals surface area contributed by atoms with Crippen LogP contribution >= 0.6 is 11.6 Å². The van der Waals surface area contributed by atoms with Gasteiger partial charge in [-0.05, 0) is 87.5 Å². The number of carbonyl (C=O) groups excluding carboxylic acids is 1. The van der Waals surface area contributed by atoms with E-state index >= 15 is 0 Å². The molecule has 290 valence electrons. The Bertz CT molecular complexity index is 1840. The van der Waals surface area contributed by atoms with Crippen LogP contribution in [0.2, 0.25) is 5.02 Å². The van der Waals surface area contributed by atoms with E-state index in [4.69, 9.17) is 49.5 Å². The lowest BCUT2D eigenvalue weighted by atomic mass is 9.84. The van der Waals surface area contributed by atoms with Crippen molar-refractivity contribution < 1.29 is 42.7 Å². The van der Waals surface area contributed by atoms with Crippen LogP contribution in [0.5, 0.6) is 17.2 Å². The van der Waals surface area contributed by atoms with Gasteiger partial charge in [-0.25, -0.2) is 4.79 Å². The molecule has 2 heterocycles. The highest BCUT2D eigenvalue weighted by atomic mass is 35.5. The summed E-state index contributed by atoms with van der Waals surface area (Å²) in [5.41, 5.74) is 1.29. The van der Waals surface area contributed by atoms with E-state index in [0.717, 1.165) is 33.4 Å². The fourth-order valence-electron chi connectivity index (χ4n) is 6.84. The Kier molecular flexibility index (Phi) is 12.9. The van der Waals surface area contributed by atoms with Crippen LogP contribution in [0, 0.1) is 0 Å². The average Bonchev–Trinajstić information content (AvgIpc) is 3.50. The summed E-state index contributed by atoms with van der Waals surface area (Å²) in [4.78, 5) is 15.3. The summed E-state index contributed by atoms with van der Waals surface area (Å²) in [6.45, 7) is 11.9. The van der Waals surface area contributed by atoms with Gasteiger partial charge >= 0.3 is 6.09 Å². The summed E-state index contributed by atoms with van der Waals surface area (Å²) >= 11 is 6.21. The lowest BCUT2D eigenvalue weighted by Gasteiger charge is -2.44. The van der Waals surface area contributed by atoms with Gasteiger partial charge in [0.1, 0.15) is 29.0 Å². The van der Waals surface area contributed by atoms with E-state index < -0.39 is 29.7 Å². The van der Waals surface area contributed by atoms with Crippen LogP contribution in [-0.4, -0.2) is 87.3 Å². The minimum absolute atomic E-state index is 0.237. The van der Waals surface area contributed by atoms with E-state index in [2.05, 4.69) is 12.1 Å². The smallest absolute Gasteiger partial charge is 0.410 e. The Morgan fingerprint density at radius 2 is 1.59 bits per heavy atom. The van der Waals surface area contributed by atoms with Crippen LogP contribution in [-0.2, 0) is 30.3 Å². The van der Waals surface area contributed by atoms with E-state index in [1.165, 1.54) is 0 Å². The Morgan fingerprint density at radius 1 is 0.889 bits per heavy atom. The molecule has 1 amide bonds. The predicted molar refractivity (Wildman–Crippen MR) is 208 cm³/mol. The number of hydrogen-bond donors (Lipinski definition) is 0. The van der Waals surface area contributed by atoms with Crippen molar-refractivity contribution in [2.24, 2.45) is 0 Å². The minimum Gasteiger partial charge on any atom is -0.496 e. The number of methoxy groups -OCH3 is 1. The molecule has 2 saturated heterocycles. The second kappa shape index (κ2) is 17.6. The first-order valence-corrected chi connectivity index (χ1v) is 18.9. The molecule has 0 unspecified atom stereocenters. The lowest BCUT2D eigenvalue weighted by Crippen LogP contribution is -2.55. The summed E-state index contributed by atoms with van der Waals surface area (Å²) < 4.78 is 48.8. The molecule has 0 aliphatic carbocycles. The van der Waals surface area contributed by atoms with Crippen molar-refractivity contribution >= 4 is 28.5 Å². The molecule has 2 aliphatic heterocycles. The topological polar surface area (TPSA) is 94.2 Å². The van der Waals surface area contributed by atoms with Crippen LogP contribution in [0.25, 0.3) is 10.8 Å². The molecule has 0 radical (unpaired) electrons. The summed E-state index contributed by atoms with van der Waals surface area (Å²) in [7, 11) is 1.67. The fraction of sp³-hybridized carbons (Fsp3) is 0.465. The number of carbonyl (C=O) groups is 1. The molecule has 0 spiro atoms. The van der Waals surface area contributed by atoms with Gasteiger partial charge < -0.3 is 42.8 Å². The number of ether oxygens (including phenoxy) is 8. The van der Waals surface area contributed by atoms with Gasteiger partial charge in [-0.2, -0.15) is 0 Å². The quantitative estimate of drug-likeness (QED) is 0.117. The number of amides is 1. The molecule has 0 N–H and O–H groups in total. The molecule has 6 rings (SSSR count). The number of para-hydroxylation sites is 1. The van der Waals surface area contributed by atoms with Crippen LogP contribution < -0.4 is 14.2 Å². The minimum atomic E-state index is -0.689. The van der Waals surface area contributed by atoms with Crippen molar-refractivity contribution in [1.29, 1.82) is 0 Å². The Morgan fingerprint density at radius 3 is 2.30 bits per heavy atom. The number of hydrogen-bond acceptors (Lipinski definition) is 9. The molecule has 4 aromatic rings. The van der Waals surface area contributed by atoms with Crippen molar-refractivity contribution in [3.8, 4) is 17.2 Å². The second-order valence-corrected chi connectivity index (χ2v) is 15.6. The van der Waals surface area contributed by atoms with E-state index in [0.29, 0.717) is 63.3 Å². The standard InChI is InChI=1S/C43H52ClNO9/c1-42(2,3)54-41(46)45-24-38(50-26-29-22-31-12-7-8-13-34(31)37(23-29)47-6)40(39(25-45)51-27-33-28-52-43(4,5)53-33)30-16-18-32(19-17-30)48-20-11-21-49-36-15-10-9-14-35(36)44/h7-10,12-19,22-23,33,38-40H,11,20-21,24-28H2,1-6H3/t33-,38-,39+,40+/m0/s1. The number of rotatable bonds is 14. The zero-order chi connectivity index (χ0) is 38.3. The van der Waals surface area contributed by atoms with Crippen LogP contribution in [0.15, 0.2) is 84.9 Å². The Hall–Kier alpha value is -4.06. The van der Waals surface area contributed by atoms with E-state index in [9.17, 15) is 4.79 Å². The molecule has 4 aromatic carbocycles. The first kappa shape index (κ1) is 39.6. The van der Waals surface area contributed by atoms with Crippen molar-refractivity contribution in [1.82, 2.24) is 4.90 Å². The molecule has 10 nitrogen and oxygen atoms in total. The fourth-order valence-corrected chi connectivity index (χ4v) is 7.03. The van der Waals surface area contributed by atoms with E-state index in [1.807, 2.05) is 101 Å². The van der Waals surface area contributed by atoms with Gasteiger partial charge in [-0.1, -0.05) is 60.1 Å². The summed E-state index contributed by atoms with van der Waals surface area (Å²) in [6.07, 6.45) is -0.868. The third kappa shape index (κ3) is 10.6. The van der Waals surface area contributed by atoms with Crippen molar-refractivity contribution in [3.63, 3.8) is 0 Å². The summed E-state index contributed by atoms with van der Waals surface area (Å²) in [5, 5.41) is 2.67. The maximum absolute atomic E-state index is 13.6.